The van der Waals surface area contributed by atoms with E-state index in [1.165, 1.54) is 19.6 Å². The Morgan fingerprint density at radius 3 is 2.72 bits per heavy atom. The van der Waals surface area contributed by atoms with Crippen LogP contribution in [0.1, 0.15) is 5.56 Å². The fourth-order valence-electron chi connectivity index (χ4n) is 2.36. The van der Waals surface area contributed by atoms with Crippen LogP contribution in [-0.4, -0.2) is 18.0 Å². The number of halogens is 2. The summed E-state index contributed by atoms with van der Waals surface area (Å²) in [5.41, 5.74) is 1.58. The van der Waals surface area contributed by atoms with Crippen molar-refractivity contribution in [3.8, 4) is 17.1 Å². The van der Waals surface area contributed by atoms with Crippen LogP contribution >= 0.6 is 0 Å². The van der Waals surface area contributed by atoms with E-state index in [4.69, 9.17) is 9.15 Å². The number of benzene rings is 2. The maximum Gasteiger partial charge on any atom is 0.228 e. The van der Waals surface area contributed by atoms with E-state index in [1.807, 2.05) is 0 Å². The van der Waals surface area contributed by atoms with Crippen molar-refractivity contribution in [3.05, 3.63) is 66.2 Å². The van der Waals surface area contributed by atoms with E-state index in [0.29, 0.717) is 28.3 Å². The number of anilines is 1. The molecule has 0 aliphatic carbocycles. The summed E-state index contributed by atoms with van der Waals surface area (Å²) in [6.07, 6.45) is 2.79. The Balaban J connectivity index is 1.74. The van der Waals surface area contributed by atoms with Crippen LogP contribution in [0, 0.1) is 11.6 Å². The molecule has 0 saturated heterocycles. The van der Waals surface area contributed by atoms with Gasteiger partial charge in [-0.15, -0.1) is 0 Å². The van der Waals surface area contributed by atoms with Gasteiger partial charge in [0.05, 0.1) is 25.3 Å². The zero-order valence-corrected chi connectivity index (χ0v) is 13.3. The number of amides is 1. The number of carbonyl (C=O) groups excluding carboxylic acids is 1. The standard InChI is InChI=1S/C18H14F2N2O3/c1-24-16-8-12(3-4-13(16)17-9-21-10-25-17)22-18(23)7-11-2-5-14(19)15(20)6-11/h2-6,8-10H,7H2,1H3,(H,22,23). The minimum atomic E-state index is -0.983. The topological polar surface area (TPSA) is 64.4 Å². The number of aromatic nitrogens is 1. The van der Waals surface area contributed by atoms with Gasteiger partial charge in [-0.2, -0.15) is 0 Å². The predicted molar refractivity (Wildman–Crippen MR) is 87.2 cm³/mol. The summed E-state index contributed by atoms with van der Waals surface area (Å²) < 4.78 is 36.7. The molecule has 3 aromatic rings. The lowest BCUT2D eigenvalue weighted by atomic mass is 10.1. The predicted octanol–water partition coefficient (Wildman–Crippen LogP) is 3.81. The highest BCUT2D eigenvalue weighted by Gasteiger charge is 2.12. The van der Waals surface area contributed by atoms with E-state index in [9.17, 15) is 13.6 Å². The van der Waals surface area contributed by atoms with Crippen LogP contribution in [0.2, 0.25) is 0 Å². The molecule has 2 aromatic carbocycles. The molecular formula is C18H14F2N2O3. The Labute approximate surface area is 142 Å². The molecule has 25 heavy (non-hydrogen) atoms. The van der Waals surface area contributed by atoms with Gasteiger partial charge in [-0.3, -0.25) is 4.79 Å². The summed E-state index contributed by atoms with van der Waals surface area (Å²) in [6.45, 7) is 0. The van der Waals surface area contributed by atoms with Gasteiger partial charge in [0, 0.05) is 11.8 Å². The van der Waals surface area contributed by atoms with E-state index in [0.717, 1.165) is 12.1 Å². The molecule has 0 bridgehead atoms. The molecular weight excluding hydrogens is 330 g/mol. The molecule has 5 nitrogen and oxygen atoms in total. The van der Waals surface area contributed by atoms with Crippen LogP contribution in [0.5, 0.6) is 5.75 Å². The first-order chi connectivity index (χ1) is 12.1. The maximum atomic E-state index is 13.2. The van der Waals surface area contributed by atoms with Gasteiger partial charge >= 0.3 is 0 Å². The Bertz CT molecular complexity index is 895. The molecule has 128 valence electrons. The number of nitrogens with one attached hydrogen (secondary N) is 1. The first-order valence-corrected chi connectivity index (χ1v) is 7.37. The van der Waals surface area contributed by atoms with E-state index in [-0.39, 0.29) is 12.3 Å². The molecule has 0 fully saturated rings. The van der Waals surface area contributed by atoms with Crippen molar-refractivity contribution < 1.29 is 22.7 Å². The normalized spacial score (nSPS) is 10.5. The van der Waals surface area contributed by atoms with Gasteiger partial charge in [0.2, 0.25) is 5.91 Å². The Morgan fingerprint density at radius 2 is 2.04 bits per heavy atom. The van der Waals surface area contributed by atoms with Gasteiger partial charge < -0.3 is 14.5 Å². The minimum Gasteiger partial charge on any atom is -0.496 e. The summed E-state index contributed by atoms with van der Waals surface area (Å²) in [7, 11) is 1.50. The number of hydrogen-bond donors (Lipinski definition) is 1. The average Bonchev–Trinajstić information content (AvgIpc) is 3.12. The lowest BCUT2D eigenvalue weighted by Gasteiger charge is -2.10. The number of hydrogen-bond acceptors (Lipinski definition) is 4. The molecule has 1 heterocycles. The van der Waals surface area contributed by atoms with Crippen molar-refractivity contribution in [3.63, 3.8) is 0 Å². The zero-order chi connectivity index (χ0) is 17.8. The molecule has 0 spiro atoms. The maximum absolute atomic E-state index is 13.2. The SMILES string of the molecule is COc1cc(NC(=O)Cc2ccc(F)c(F)c2)ccc1-c1cnco1. The molecule has 1 aromatic heterocycles. The smallest absolute Gasteiger partial charge is 0.228 e. The van der Waals surface area contributed by atoms with Gasteiger partial charge in [-0.1, -0.05) is 6.07 Å². The van der Waals surface area contributed by atoms with Gasteiger partial charge in [-0.25, -0.2) is 13.8 Å². The third kappa shape index (κ3) is 3.82. The lowest BCUT2D eigenvalue weighted by molar-refractivity contribution is -0.115. The van der Waals surface area contributed by atoms with Crippen LogP contribution in [0.15, 0.2) is 53.4 Å². The molecule has 0 aliphatic rings. The molecule has 1 N–H and O–H groups in total. The first kappa shape index (κ1) is 16.6. The summed E-state index contributed by atoms with van der Waals surface area (Å²) in [6, 6.07) is 8.41. The molecule has 7 heteroatoms. The van der Waals surface area contributed by atoms with Crippen molar-refractivity contribution in [2.75, 3.05) is 12.4 Å². The van der Waals surface area contributed by atoms with Gasteiger partial charge in [0.15, 0.2) is 23.8 Å². The number of rotatable bonds is 5. The number of ether oxygens (including phenoxy) is 1. The van der Waals surface area contributed by atoms with Crippen LogP contribution in [-0.2, 0) is 11.2 Å². The van der Waals surface area contributed by atoms with Crippen LogP contribution in [0.25, 0.3) is 11.3 Å². The fourth-order valence-corrected chi connectivity index (χ4v) is 2.36. The van der Waals surface area contributed by atoms with Crippen molar-refractivity contribution in [2.24, 2.45) is 0 Å². The second kappa shape index (κ2) is 7.12. The van der Waals surface area contributed by atoms with Crippen LogP contribution in [0.4, 0.5) is 14.5 Å². The number of carbonyl (C=O) groups is 1. The Kier molecular flexibility index (Phi) is 4.74. The Hall–Kier alpha value is -3.22. The van der Waals surface area contributed by atoms with E-state index in [1.54, 1.807) is 24.4 Å². The quantitative estimate of drug-likeness (QED) is 0.764. The largest absolute Gasteiger partial charge is 0.496 e. The number of oxazole rings is 1. The minimum absolute atomic E-state index is 0.0800. The average molecular weight is 344 g/mol. The molecule has 3 rings (SSSR count). The summed E-state index contributed by atoms with van der Waals surface area (Å²) in [5, 5.41) is 2.69. The molecule has 0 saturated carbocycles. The summed E-state index contributed by atoms with van der Waals surface area (Å²) in [4.78, 5) is 16.0. The molecule has 0 radical (unpaired) electrons. The van der Waals surface area contributed by atoms with Crippen molar-refractivity contribution in [2.45, 2.75) is 6.42 Å². The van der Waals surface area contributed by atoms with Crippen molar-refractivity contribution in [1.29, 1.82) is 0 Å². The van der Waals surface area contributed by atoms with Crippen LogP contribution in [0.3, 0.4) is 0 Å². The molecule has 0 atom stereocenters. The third-order valence-corrected chi connectivity index (χ3v) is 3.53. The van der Waals surface area contributed by atoms with E-state index in [2.05, 4.69) is 10.3 Å². The van der Waals surface area contributed by atoms with E-state index < -0.39 is 11.6 Å². The number of methoxy groups -OCH3 is 1. The molecule has 1 amide bonds. The van der Waals surface area contributed by atoms with Gasteiger partial charge in [-0.05, 0) is 29.8 Å². The zero-order valence-electron chi connectivity index (χ0n) is 13.3. The summed E-state index contributed by atoms with van der Waals surface area (Å²) >= 11 is 0. The van der Waals surface area contributed by atoms with Crippen molar-refractivity contribution in [1.82, 2.24) is 4.98 Å². The second-order valence-electron chi connectivity index (χ2n) is 5.25. The lowest BCUT2D eigenvalue weighted by Crippen LogP contribution is -2.14. The highest BCUT2D eigenvalue weighted by molar-refractivity contribution is 5.93. The summed E-state index contributed by atoms with van der Waals surface area (Å²) in [5.74, 6) is -1.25. The van der Waals surface area contributed by atoms with E-state index >= 15 is 0 Å². The first-order valence-electron chi connectivity index (χ1n) is 7.37. The highest BCUT2D eigenvalue weighted by Crippen LogP contribution is 2.32. The van der Waals surface area contributed by atoms with Gasteiger partial charge in [0.25, 0.3) is 0 Å². The van der Waals surface area contributed by atoms with Crippen LogP contribution < -0.4 is 10.1 Å². The van der Waals surface area contributed by atoms with Crippen molar-refractivity contribution >= 4 is 11.6 Å². The molecule has 0 aliphatic heterocycles. The Morgan fingerprint density at radius 1 is 1.20 bits per heavy atom. The number of nitrogens with zero attached hydrogens (tertiary/aromatic N) is 1. The fraction of sp³-hybridized carbons (Fsp3) is 0.111. The monoisotopic (exact) mass is 344 g/mol. The third-order valence-electron chi connectivity index (χ3n) is 3.53. The highest BCUT2D eigenvalue weighted by atomic mass is 19.2. The van der Waals surface area contributed by atoms with Gasteiger partial charge in [0.1, 0.15) is 5.75 Å². The molecule has 0 unspecified atom stereocenters. The second-order valence-corrected chi connectivity index (χ2v) is 5.25.